The van der Waals surface area contributed by atoms with E-state index in [2.05, 4.69) is 10.3 Å². The number of nitrogen functional groups attached to an aromatic ring is 1. The number of rotatable bonds is 7. The van der Waals surface area contributed by atoms with Crippen molar-refractivity contribution in [3.8, 4) is 0 Å². The second-order valence-electron chi connectivity index (χ2n) is 6.78. The summed E-state index contributed by atoms with van der Waals surface area (Å²) < 4.78 is 23.8. The molecule has 2 aromatic carbocycles. The Labute approximate surface area is 168 Å². The van der Waals surface area contributed by atoms with Gasteiger partial charge in [0.1, 0.15) is 4.90 Å². The van der Waals surface area contributed by atoms with Gasteiger partial charge in [0.2, 0.25) is 15.9 Å². The lowest BCUT2D eigenvalue weighted by Crippen LogP contribution is -2.18. The quantitative estimate of drug-likeness (QED) is 0.469. The molecule has 1 aliphatic rings. The van der Waals surface area contributed by atoms with Gasteiger partial charge in [0.05, 0.1) is 12.1 Å². The van der Waals surface area contributed by atoms with Crippen molar-refractivity contribution in [1.29, 1.82) is 0 Å². The molecule has 0 aromatic heterocycles. The number of nitrogens with two attached hydrogens (primary N) is 2. The van der Waals surface area contributed by atoms with Crippen LogP contribution in [0.15, 0.2) is 46.3 Å². The Balaban J connectivity index is 1.85. The number of aliphatic imine (C=N–C) groups is 1. The molecule has 1 amide bonds. The van der Waals surface area contributed by atoms with Gasteiger partial charge >= 0.3 is 0 Å². The third-order valence-electron chi connectivity index (χ3n) is 4.36. The predicted octanol–water partition coefficient (Wildman–Crippen LogP) is 2.58. The highest BCUT2D eigenvalue weighted by Crippen LogP contribution is 2.29. The standard InChI is InChI=1S/C19H21ClN4O3S/c20-16-4-2-1-3-13(16)8-18(25)24-15-7-14(11-23-10-12-5-6-12)19(21)17(9-15)28(22,26)27/h1-4,7,9,11-12H,5-6,8,10,21H2,(H,24,25)(H2,22,26,27). The Kier molecular flexibility index (Phi) is 6.02. The van der Waals surface area contributed by atoms with Crippen LogP contribution in [0.4, 0.5) is 11.4 Å². The molecule has 0 bridgehead atoms. The number of carbonyl (C=O) groups excluding carboxylic acids is 1. The molecule has 0 heterocycles. The fourth-order valence-electron chi connectivity index (χ4n) is 2.68. The van der Waals surface area contributed by atoms with Gasteiger partial charge < -0.3 is 11.1 Å². The lowest BCUT2D eigenvalue weighted by atomic mass is 10.1. The van der Waals surface area contributed by atoms with Crippen molar-refractivity contribution in [3.63, 3.8) is 0 Å². The Bertz CT molecular complexity index is 1030. The fourth-order valence-corrected chi connectivity index (χ4v) is 3.60. The van der Waals surface area contributed by atoms with E-state index in [9.17, 15) is 13.2 Å². The number of benzene rings is 2. The second kappa shape index (κ2) is 8.30. The Hall–Kier alpha value is -2.42. The van der Waals surface area contributed by atoms with Crippen LogP contribution < -0.4 is 16.2 Å². The van der Waals surface area contributed by atoms with Crippen LogP contribution in [-0.2, 0) is 21.2 Å². The number of halogens is 1. The third-order valence-corrected chi connectivity index (χ3v) is 5.68. The summed E-state index contributed by atoms with van der Waals surface area (Å²) >= 11 is 6.08. The topological polar surface area (TPSA) is 128 Å². The minimum atomic E-state index is -4.07. The van der Waals surface area contributed by atoms with E-state index in [1.165, 1.54) is 12.3 Å². The number of sulfonamides is 1. The monoisotopic (exact) mass is 420 g/mol. The Morgan fingerprint density at radius 1 is 1.29 bits per heavy atom. The van der Waals surface area contributed by atoms with E-state index in [0.717, 1.165) is 12.8 Å². The predicted molar refractivity (Wildman–Crippen MR) is 111 cm³/mol. The average Bonchev–Trinajstić information content (AvgIpc) is 3.43. The maximum absolute atomic E-state index is 12.4. The highest BCUT2D eigenvalue weighted by molar-refractivity contribution is 7.89. The van der Waals surface area contributed by atoms with Crippen molar-refractivity contribution in [1.82, 2.24) is 0 Å². The van der Waals surface area contributed by atoms with Crippen molar-refractivity contribution < 1.29 is 13.2 Å². The normalized spacial score (nSPS) is 14.4. The van der Waals surface area contributed by atoms with Crippen LogP contribution in [-0.4, -0.2) is 27.1 Å². The Morgan fingerprint density at radius 3 is 2.64 bits per heavy atom. The van der Waals surface area contributed by atoms with Crippen LogP contribution in [0.5, 0.6) is 0 Å². The zero-order valence-electron chi connectivity index (χ0n) is 15.1. The number of hydrogen-bond donors (Lipinski definition) is 3. The number of nitrogens with zero attached hydrogens (tertiary/aromatic N) is 1. The number of anilines is 2. The van der Waals surface area contributed by atoms with Crippen molar-refractivity contribution >= 4 is 45.1 Å². The zero-order chi connectivity index (χ0) is 20.3. The van der Waals surface area contributed by atoms with Gasteiger partial charge in [-0.1, -0.05) is 29.8 Å². The zero-order valence-corrected chi connectivity index (χ0v) is 16.6. The first-order valence-electron chi connectivity index (χ1n) is 8.73. The summed E-state index contributed by atoms with van der Waals surface area (Å²) in [5.74, 6) is 0.229. The summed E-state index contributed by atoms with van der Waals surface area (Å²) in [5.41, 5.74) is 7.29. The highest BCUT2D eigenvalue weighted by Gasteiger charge is 2.21. The van der Waals surface area contributed by atoms with Gasteiger partial charge in [0.15, 0.2) is 0 Å². The molecule has 0 atom stereocenters. The molecule has 0 aliphatic heterocycles. The Morgan fingerprint density at radius 2 is 2.00 bits per heavy atom. The molecule has 3 rings (SSSR count). The molecule has 1 aliphatic carbocycles. The molecule has 148 valence electrons. The van der Waals surface area contributed by atoms with Crippen LogP contribution in [0.1, 0.15) is 24.0 Å². The minimum absolute atomic E-state index is 0.00569. The summed E-state index contributed by atoms with van der Waals surface area (Å²) in [7, 11) is -4.07. The van der Waals surface area contributed by atoms with E-state index in [1.807, 2.05) is 0 Å². The first kappa shape index (κ1) is 20.3. The van der Waals surface area contributed by atoms with E-state index in [4.69, 9.17) is 22.5 Å². The number of carbonyl (C=O) groups is 1. The van der Waals surface area contributed by atoms with Crippen LogP contribution in [0, 0.1) is 5.92 Å². The SMILES string of the molecule is Nc1c(C=NCC2CC2)cc(NC(=O)Cc2ccccc2Cl)cc1S(N)(=O)=O. The van der Waals surface area contributed by atoms with Crippen molar-refractivity contribution in [2.45, 2.75) is 24.2 Å². The van der Waals surface area contributed by atoms with Gasteiger partial charge in [-0.05, 0) is 42.5 Å². The summed E-state index contributed by atoms with van der Waals surface area (Å²) in [4.78, 5) is 16.5. The van der Waals surface area contributed by atoms with Crippen LogP contribution in [0.2, 0.25) is 5.02 Å². The van der Waals surface area contributed by atoms with Gasteiger partial charge in [-0.15, -0.1) is 0 Å². The molecule has 1 saturated carbocycles. The molecule has 28 heavy (non-hydrogen) atoms. The van der Waals surface area contributed by atoms with E-state index in [1.54, 1.807) is 30.3 Å². The number of nitrogens with one attached hydrogen (secondary N) is 1. The summed E-state index contributed by atoms with van der Waals surface area (Å²) in [6.45, 7) is 0.660. The lowest BCUT2D eigenvalue weighted by Gasteiger charge is -2.12. The number of hydrogen-bond acceptors (Lipinski definition) is 5. The molecule has 0 saturated heterocycles. The van der Waals surface area contributed by atoms with Crippen LogP contribution >= 0.6 is 11.6 Å². The molecule has 1 fully saturated rings. The molecule has 7 nitrogen and oxygen atoms in total. The molecule has 9 heteroatoms. The van der Waals surface area contributed by atoms with Gasteiger partial charge in [-0.3, -0.25) is 9.79 Å². The summed E-state index contributed by atoms with van der Waals surface area (Å²) in [6, 6.07) is 9.82. The maximum atomic E-state index is 12.4. The minimum Gasteiger partial charge on any atom is -0.397 e. The third kappa shape index (κ3) is 5.31. The van der Waals surface area contributed by atoms with E-state index in [-0.39, 0.29) is 28.6 Å². The molecular formula is C19H21ClN4O3S. The van der Waals surface area contributed by atoms with Crippen molar-refractivity contribution in [2.75, 3.05) is 17.6 Å². The van der Waals surface area contributed by atoms with Gasteiger partial charge in [-0.2, -0.15) is 0 Å². The molecule has 2 aromatic rings. The van der Waals surface area contributed by atoms with Crippen molar-refractivity contribution in [2.24, 2.45) is 16.0 Å². The molecule has 5 N–H and O–H groups in total. The second-order valence-corrected chi connectivity index (χ2v) is 8.71. The fraction of sp³-hybridized carbons (Fsp3) is 0.263. The summed E-state index contributed by atoms with van der Waals surface area (Å²) in [6.07, 6.45) is 3.85. The highest BCUT2D eigenvalue weighted by atomic mass is 35.5. The van der Waals surface area contributed by atoms with E-state index >= 15 is 0 Å². The molecular weight excluding hydrogens is 400 g/mol. The molecule has 0 radical (unpaired) electrons. The van der Waals surface area contributed by atoms with Gasteiger partial charge in [0.25, 0.3) is 0 Å². The van der Waals surface area contributed by atoms with Gasteiger partial charge in [0, 0.05) is 29.0 Å². The largest absolute Gasteiger partial charge is 0.397 e. The first-order chi connectivity index (χ1) is 13.2. The average molecular weight is 421 g/mol. The summed E-state index contributed by atoms with van der Waals surface area (Å²) in [5, 5.41) is 8.43. The smallest absolute Gasteiger partial charge is 0.240 e. The molecule has 0 unspecified atom stereocenters. The van der Waals surface area contributed by atoms with E-state index < -0.39 is 10.0 Å². The number of primary sulfonamides is 1. The maximum Gasteiger partial charge on any atom is 0.240 e. The van der Waals surface area contributed by atoms with Crippen molar-refractivity contribution in [3.05, 3.63) is 52.5 Å². The van der Waals surface area contributed by atoms with Crippen LogP contribution in [0.25, 0.3) is 0 Å². The lowest BCUT2D eigenvalue weighted by molar-refractivity contribution is -0.115. The number of amides is 1. The van der Waals surface area contributed by atoms with Gasteiger partial charge in [-0.25, -0.2) is 13.6 Å². The van der Waals surface area contributed by atoms with E-state index in [0.29, 0.717) is 28.6 Å². The van der Waals surface area contributed by atoms with Crippen LogP contribution in [0.3, 0.4) is 0 Å². The first-order valence-corrected chi connectivity index (χ1v) is 10.7. The molecule has 0 spiro atoms.